The Hall–Kier alpha value is -3.02. The Morgan fingerprint density at radius 1 is 1.17 bits per heavy atom. The number of aryl methyl sites for hydroxylation is 2. The Balaban J connectivity index is 1.73. The first kappa shape index (κ1) is 15.9. The molecule has 122 valence electrons. The van der Waals surface area contributed by atoms with Gasteiger partial charge in [0.05, 0.1) is 23.0 Å². The highest BCUT2D eigenvalue weighted by atomic mass is 16.1. The molecule has 0 unspecified atom stereocenters. The molecule has 0 fully saturated rings. The first-order chi connectivity index (χ1) is 11.5. The van der Waals surface area contributed by atoms with E-state index in [4.69, 9.17) is 0 Å². The van der Waals surface area contributed by atoms with Crippen molar-refractivity contribution in [1.82, 2.24) is 25.1 Å². The molecule has 0 aliphatic heterocycles. The lowest BCUT2D eigenvalue weighted by Gasteiger charge is -2.13. The first-order valence-corrected chi connectivity index (χ1v) is 7.76. The molecule has 0 aliphatic rings. The molecule has 0 saturated carbocycles. The second-order valence-electron chi connectivity index (χ2n) is 5.69. The molecule has 3 aromatic rings. The van der Waals surface area contributed by atoms with Gasteiger partial charge >= 0.3 is 0 Å². The number of amides is 1. The molecule has 0 bridgehead atoms. The zero-order valence-electron chi connectivity index (χ0n) is 13.9. The van der Waals surface area contributed by atoms with Crippen molar-refractivity contribution in [3.63, 3.8) is 0 Å². The van der Waals surface area contributed by atoms with Crippen LogP contribution in [0, 0.1) is 13.8 Å². The topological polar surface area (TPSA) is 72.7 Å². The van der Waals surface area contributed by atoms with E-state index in [9.17, 15) is 4.79 Å². The predicted octanol–water partition coefficient (Wildman–Crippen LogP) is 2.77. The number of hydrogen-bond donors (Lipinski definition) is 1. The maximum Gasteiger partial charge on any atom is 0.253 e. The number of rotatable bonds is 4. The third-order valence-electron chi connectivity index (χ3n) is 3.72. The average Bonchev–Trinajstić information content (AvgIpc) is 2.94. The van der Waals surface area contributed by atoms with Gasteiger partial charge in [-0.2, -0.15) is 5.10 Å². The van der Waals surface area contributed by atoms with Crippen molar-refractivity contribution in [1.29, 1.82) is 0 Å². The van der Waals surface area contributed by atoms with Gasteiger partial charge in [0.15, 0.2) is 5.82 Å². The van der Waals surface area contributed by atoms with E-state index in [1.165, 1.54) is 0 Å². The summed E-state index contributed by atoms with van der Waals surface area (Å²) in [6, 6.07) is 11.0. The van der Waals surface area contributed by atoms with Gasteiger partial charge in [-0.1, -0.05) is 6.07 Å². The minimum absolute atomic E-state index is 0.172. The van der Waals surface area contributed by atoms with Crippen LogP contribution in [0.1, 0.15) is 40.4 Å². The summed E-state index contributed by atoms with van der Waals surface area (Å²) in [6.45, 7) is 5.80. The van der Waals surface area contributed by atoms with Gasteiger partial charge in [-0.25, -0.2) is 9.67 Å². The van der Waals surface area contributed by atoms with Gasteiger partial charge in [-0.15, -0.1) is 0 Å². The fraction of sp³-hybridized carbons (Fsp3) is 0.222. The fourth-order valence-electron chi connectivity index (χ4n) is 2.49. The standard InChI is InChI=1S/C18H19N5O/c1-12-10-13(2)23(22-12)17-8-7-15(11-20-17)18(24)21-14(3)16-6-4-5-9-19-16/h4-11,14H,1-3H3,(H,21,24)/t14-/m1/s1. The van der Waals surface area contributed by atoms with Gasteiger partial charge in [0.2, 0.25) is 0 Å². The van der Waals surface area contributed by atoms with Crippen molar-refractivity contribution in [2.24, 2.45) is 0 Å². The minimum atomic E-state index is -0.180. The Bertz CT molecular complexity index is 840. The maximum absolute atomic E-state index is 12.3. The smallest absolute Gasteiger partial charge is 0.253 e. The van der Waals surface area contributed by atoms with Gasteiger partial charge in [0, 0.05) is 18.1 Å². The van der Waals surface area contributed by atoms with Gasteiger partial charge in [0.25, 0.3) is 5.91 Å². The lowest BCUT2D eigenvalue weighted by Crippen LogP contribution is -2.27. The minimum Gasteiger partial charge on any atom is -0.344 e. The van der Waals surface area contributed by atoms with E-state index in [1.807, 2.05) is 45.0 Å². The van der Waals surface area contributed by atoms with Crippen LogP contribution in [0.5, 0.6) is 0 Å². The molecule has 0 aromatic carbocycles. The summed E-state index contributed by atoms with van der Waals surface area (Å²) in [4.78, 5) is 20.9. The number of aromatic nitrogens is 4. The van der Waals surface area contributed by atoms with Crippen LogP contribution in [-0.2, 0) is 0 Å². The zero-order valence-corrected chi connectivity index (χ0v) is 13.9. The van der Waals surface area contributed by atoms with Crippen molar-refractivity contribution in [3.8, 4) is 5.82 Å². The van der Waals surface area contributed by atoms with Crippen LogP contribution >= 0.6 is 0 Å². The third-order valence-corrected chi connectivity index (χ3v) is 3.72. The molecule has 1 amide bonds. The molecule has 0 aliphatic carbocycles. The molecule has 3 rings (SSSR count). The monoisotopic (exact) mass is 321 g/mol. The van der Waals surface area contributed by atoms with Crippen LogP contribution in [0.3, 0.4) is 0 Å². The molecule has 1 atom stereocenters. The molecule has 1 N–H and O–H groups in total. The van der Waals surface area contributed by atoms with E-state index in [2.05, 4.69) is 20.4 Å². The number of carbonyl (C=O) groups excluding carboxylic acids is 1. The summed E-state index contributed by atoms with van der Waals surface area (Å²) in [6.07, 6.45) is 3.27. The Morgan fingerprint density at radius 2 is 2.00 bits per heavy atom. The Morgan fingerprint density at radius 3 is 2.58 bits per heavy atom. The van der Waals surface area contributed by atoms with E-state index in [0.717, 1.165) is 17.1 Å². The van der Waals surface area contributed by atoms with Crippen LogP contribution in [0.4, 0.5) is 0 Å². The van der Waals surface area contributed by atoms with Crippen LogP contribution in [0.2, 0.25) is 0 Å². The van der Waals surface area contributed by atoms with Crippen molar-refractivity contribution in [2.75, 3.05) is 0 Å². The molecule has 6 heteroatoms. The number of nitrogens with one attached hydrogen (secondary N) is 1. The highest BCUT2D eigenvalue weighted by molar-refractivity contribution is 5.94. The van der Waals surface area contributed by atoms with Gasteiger partial charge < -0.3 is 5.32 Å². The Kier molecular flexibility index (Phi) is 4.37. The van der Waals surface area contributed by atoms with Crippen LogP contribution in [-0.4, -0.2) is 25.7 Å². The van der Waals surface area contributed by atoms with Crippen LogP contribution < -0.4 is 5.32 Å². The second-order valence-corrected chi connectivity index (χ2v) is 5.69. The molecule has 0 spiro atoms. The summed E-state index contributed by atoms with van der Waals surface area (Å²) < 4.78 is 1.76. The largest absolute Gasteiger partial charge is 0.344 e. The summed E-state index contributed by atoms with van der Waals surface area (Å²) >= 11 is 0. The van der Waals surface area contributed by atoms with Crippen molar-refractivity contribution >= 4 is 5.91 Å². The summed E-state index contributed by atoms with van der Waals surface area (Å²) in [5.74, 6) is 0.510. The molecule has 24 heavy (non-hydrogen) atoms. The van der Waals surface area contributed by atoms with Gasteiger partial charge in [0.1, 0.15) is 0 Å². The van der Waals surface area contributed by atoms with Crippen molar-refractivity contribution in [3.05, 3.63) is 71.4 Å². The SMILES string of the molecule is Cc1cc(C)n(-c2ccc(C(=O)N[C@H](C)c3ccccn3)cn2)n1. The second kappa shape index (κ2) is 6.62. The van der Waals surface area contributed by atoms with Crippen molar-refractivity contribution in [2.45, 2.75) is 26.8 Å². The normalized spacial score (nSPS) is 12.0. The van der Waals surface area contributed by atoms with E-state index in [1.54, 1.807) is 29.2 Å². The lowest BCUT2D eigenvalue weighted by molar-refractivity contribution is 0.0939. The van der Waals surface area contributed by atoms with E-state index >= 15 is 0 Å². The molecule has 3 heterocycles. The van der Waals surface area contributed by atoms with Gasteiger partial charge in [-0.3, -0.25) is 9.78 Å². The molecular weight excluding hydrogens is 302 g/mol. The third kappa shape index (κ3) is 3.32. The quantitative estimate of drug-likeness (QED) is 0.802. The molecule has 0 radical (unpaired) electrons. The van der Waals surface area contributed by atoms with Gasteiger partial charge in [-0.05, 0) is 51.1 Å². The number of hydrogen-bond acceptors (Lipinski definition) is 4. The highest BCUT2D eigenvalue weighted by Gasteiger charge is 2.13. The Labute approximate surface area is 140 Å². The van der Waals surface area contributed by atoms with E-state index in [0.29, 0.717) is 11.4 Å². The summed E-state index contributed by atoms with van der Waals surface area (Å²) in [5, 5.41) is 7.31. The zero-order chi connectivity index (χ0) is 17.1. The molecule has 6 nitrogen and oxygen atoms in total. The number of nitrogens with zero attached hydrogens (tertiary/aromatic N) is 4. The average molecular weight is 321 g/mol. The summed E-state index contributed by atoms with van der Waals surface area (Å²) in [7, 11) is 0. The van der Waals surface area contributed by atoms with Crippen molar-refractivity contribution < 1.29 is 4.79 Å². The van der Waals surface area contributed by atoms with Crippen LogP contribution in [0.15, 0.2) is 48.8 Å². The molecule has 3 aromatic heterocycles. The number of carbonyl (C=O) groups is 1. The van der Waals surface area contributed by atoms with E-state index < -0.39 is 0 Å². The maximum atomic E-state index is 12.3. The summed E-state index contributed by atoms with van der Waals surface area (Å²) in [5.41, 5.74) is 3.25. The first-order valence-electron chi connectivity index (χ1n) is 7.76. The fourth-order valence-corrected chi connectivity index (χ4v) is 2.49. The molecule has 0 saturated heterocycles. The highest BCUT2D eigenvalue weighted by Crippen LogP contribution is 2.12. The lowest BCUT2D eigenvalue weighted by atomic mass is 10.2. The molecular formula is C18H19N5O. The predicted molar refractivity (Wildman–Crippen MR) is 91.0 cm³/mol. The van der Waals surface area contributed by atoms with Crippen LogP contribution in [0.25, 0.3) is 5.82 Å². The number of pyridine rings is 2. The van der Waals surface area contributed by atoms with E-state index in [-0.39, 0.29) is 11.9 Å².